The molecule has 0 aromatic heterocycles. The van der Waals surface area contributed by atoms with Crippen LogP contribution in [0.25, 0.3) is 0 Å². The average Bonchev–Trinajstić information content (AvgIpc) is 2.93. The Kier molecular flexibility index (Phi) is 28.5. The summed E-state index contributed by atoms with van der Waals surface area (Å²) in [6.07, 6.45) is 23.6. The van der Waals surface area contributed by atoms with Gasteiger partial charge in [-0.1, -0.05) is 104 Å². The first kappa shape index (κ1) is 37.6. The Morgan fingerprint density at radius 1 is 0.692 bits per heavy atom. The third-order valence-electron chi connectivity index (χ3n) is 7.28. The van der Waals surface area contributed by atoms with Gasteiger partial charge in [-0.3, -0.25) is 9.59 Å². The van der Waals surface area contributed by atoms with Crippen molar-refractivity contribution in [3.8, 4) is 0 Å². The number of carbonyl (C=O) groups excluding carboxylic acids is 2. The van der Waals surface area contributed by atoms with Gasteiger partial charge >= 0.3 is 11.9 Å². The van der Waals surface area contributed by atoms with Crippen molar-refractivity contribution in [2.75, 3.05) is 32.8 Å². The number of aliphatic hydroxyl groups is 1. The van der Waals surface area contributed by atoms with Crippen LogP contribution < -0.4 is 0 Å². The Balaban J connectivity index is 3.71. The lowest BCUT2D eigenvalue weighted by molar-refractivity contribution is -0.147. The molecule has 1 unspecified atom stereocenters. The third-order valence-corrected chi connectivity index (χ3v) is 7.28. The van der Waals surface area contributed by atoms with E-state index in [1.807, 2.05) is 0 Å². The molecule has 0 amide bonds. The van der Waals surface area contributed by atoms with Crippen LogP contribution in [0.1, 0.15) is 149 Å². The largest absolute Gasteiger partial charge is 0.466 e. The maximum absolute atomic E-state index is 12.1. The first-order valence-electron chi connectivity index (χ1n) is 16.4. The molecule has 0 bridgehead atoms. The summed E-state index contributed by atoms with van der Waals surface area (Å²) in [6, 6.07) is 0. The minimum atomic E-state index is -0.138. The number of carbonyl (C=O) groups is 2. The van der Waals surface area contributed by atoms with Crippen molar-refractivity contribution in [3.63, 3.8) is 0 Å². The van der Waals surface area contributed by atoms with Gasteiger partial charge in [-0.15, -0.1) is 0 Å². The molecule has 0 aliphatic heterocycles. The van der Waals surface area contributed by atoms with Crippen molar-refractivity contribution in [2.45, 2.75) is 155 Å². The van der Waals surface area contributed by atoms with Crippen LogP contribution >= 0.6 is 0 Å². The molecular formula is C33H63NO5. The molecule has 1 N–H and O–H groups in total. The van der Waals surface area contributed by atoms with Crippen molar-refractivity contribution in [3.05, 3.63) is 12.7 Å². The molecule has 0 rings (SSSR count). The monoisotopic (exact) mass is 553 g/mol. The number of hydrogen-bond donors (Lipinski definition) is 1. The summed E-state index contributed by atoms with van der Waals surface area (Å²) in [5.41, 5.74) is 0. The average molecular weight is 554 g/mol. The zero-order valence-corrected chi connectivity index (χ0v) is 25.8. The second-order valence-corrected chi connectivity index (χ2v) is 11.0. The summed E-state index contributed by atoms with van der Waals surface area (Å²) < 4.78 is 10.9. The van der Waals surface area contributed by atoms with E-state index in [-0.39, 0.29) is 24.6 Å². The number of unbranched alkanes of at least 4 members (excludes halogenated alkanes) is 14. The zero-order chi connectivity index (χ0) is 28.8. The van der Waals surface area contributed by atoms with E-state index < -0.39 is 0 Å². The maximum Gasteiger partial charge on any atom is 0.306 e. The lowest BCUT2D eigenvalue weighted by Gasteiger charge is -2.21. The van der Waals surface area contributed by atoms with Crippen molar-refractivity contribution < 1.29 is 24.2 Å². The summed E-state index contributed by atoms with van der Waals surface area (Å²) in [5, 5.41) is 9.41. The second-order valence-electron chi connectivity index (χ2n) is 11.0. The van der Waals surface area contributed by atoms with Gasteiger partial charge in [0.05, 0.1) is 13.2 Å². The Bertz CT molecular complexity index is 568. The molecule has 6 heteroatoms. The van der Waals surface area contributed by atoms with Crippen LogP contribution in [0.2, 0.25) is 0 Å². The Labute approximate surface area is 241 Å². The van der Waals surface area contributed by atoms with Gasteiger partial charge in [-0.2, -0.15) is 0 Å². The van der Waals surface area contributed by atoms with E-state index >= 15 is 0 Å². The lowest BCUT2D eigenvalue weighted by atomic mass is 10.1. The molecular weight excluding hydrogens is 490 g/mol. The molecule has 0 heterocycles. The van der Waals surface area contributed by atoms with E-state index in [0.717, 1.165) is 110 Å². The highest BCUT2D eigenvalue weighted by Crippen LogP contribution is 2.13. The molecule has 0 aliphatic rings. The molecule has 0 aliphatic carbocycles. The van der Waals surface area contributed by atoms with E-state index in [1.54, 1.807) is 6.08 Å². The van der Waals surface area contributed by atoms with Crippen LogP contribution in [0.3, 0.4) is 0 Å². The minimum Gasteiger partial charge on any atom is -0.466 e. The molecule has 0 fully saturated rings. The van der Waals surface area contributed by atoms with Crippen LogP contribution in [0.4, 0.5) is 0 Å². The summed E-state index contributed by atoms with van der Waals surface area (Å²) >= 11 is 0. The third kappa shape index (κ3) is 26.6. The van der Waals surface area contributed by atoms with Crippen molar-refractivity contribution in [2.24, 2.45) is 0 Å². The molecule has 0 aromatic carbocycles. The number of nitrogens with zero attached hydrogens (tertiary/aromatic N) is 1. The SMILES string of the molecule is C=CC(CCCCCC)OC(=O)CCCCCCCN(CCO)CCCCCCCC(=O)OCCCCCC. The molecule has 0 spiro atoms. The molecule has 1 atom stereocenters. The van der Waals surface area contributed by atoms with Crippen LogP contribution in [-0.2, 0) is 19.1 Å². The number of ether oxygens (including phenoxy) is 2. The first-order chi connectivity index (χ1) is 19.1. The summed E-state index contributed by atoms with van der Waals surface area (Å²) in [6.45, 7) is 11.7. The van der Waals surface area contributed by atoms with Gasteiger partial charge in [-0.05, 0) is 58.0 Å². The summed E-state index contributed by atoms with van der Waals surface area (Å²) in [7, 11) is 0. The van der Waals surface area contributed by atoms with E-state index in [9.17, 15) is 14.7 Å². The number of rotatable bonds is 30. The summed E-state index contributed by atoms with van der Waals surface area (Å²) in [4.78, 5) is 26.2. The van der Waals surface area contributed by atoms with E-state index in [4.69, 9.17) is 9.47 Å². The Morgan fingerprint density at radius 3 is 1.77 bits per heavy atom. The number of hydrogen-bond acceptors (Lipinski definition) is 6. The normalized spacial score (nSPS) is 12.0. The highest BCUT2D eigenvalue weighted by atomic mass is 16.5. The van der Waals surface area contributed by atoms with Crippen LogP contribution in [-0.4, -0.2) is 60.9 Å². The predicted octanol–water partition coefficient (Wildman–Crippen LogP) is 8.15. The Hall–Kier alpha value is -1.40. The van der Waals surface area contributed by atoms with Gasteiger partial charge < -0.3 is 19.5 Å². The quantitative estimate of drug-likeness (QED) is 0.0549. The first-order valence-corrected chi connectivity index (χ1v) is 16.4. The van der Waals surface area contributed by atoms with Gasteiger partial charge in [-0.25, -0.2) is 0 Å². The highest BCUT2D eigenvalue weighted by molar-refractivity contribution is 5.69. The van der Waals surface area contributed by atoms with Gasteiger partial charge in [0.1, 0.15) is 6.10 Å². The highest BCUT2D eigenvalue weighted by Gasteiger charge is 2.11. The summed E-state index contributed by atoms with van der Waals surface area (Å²) in [5.74, 6) is -0.141. The zero-order valence-electron chi connectivity index (χ0n) is 25.8. The van der Waals surface area contributed by atoms with E-state index in [0.29, 0.717) is 19.4 Å². The smallest absolute Gasteiger partial charge is 0.306 e. The van der Waals surface area contributed by atoms with Gasteiger partial charge in [0.2, 0.25) is 0 Å². The van der Waals surface area contributed by atoms with Gasteiger partial charge in [0.15, 0.2) is 0 Å². The standard InChI is InChI=1S/C33H63NO5/c1-4-7-9-17-23-31(6-3)39-33(37)25-19-14-12-16-21-27-34(28-29-35)26-20-15-11-13-18-24-32(36)38-30-22-10-8-5-2/h6,31,35H,3-5,7-30H2,1-2H3. The fourth-order valence-electron chi connectivity index (χ4n) is 4.76. The molecule has 39 heavy (non-hydrogen) atoms. The Morgan fingerprint density at radius 2 is 1.21 bits per heavy atom. The fraction of sp³-hybridized carbons (Fsp3) is 0.879. The molecule has 0 saturated carbocycles. The van der Waals surface area contributed by atoms with E-state index in [2.05, 4.69) is 25.3 Å². The second kappa shape index (κ2) is 29.6. The minimum absolute atomic E-state index is 0.0462. The molecule has 230 valence electrons. The lowest BCUT2D eigenvalue weighted by Crippen LogP contribution is -2.29. The van der Waals surface area contributed by atoms with Crippen LogP contribution in [0.5, 0.6) is 0 Å². The number of esters is 2. The van der Waals surface area contributed by atoms with E-state index in [1.165, 1.54) is 32.1 Å². The molecule has 0 aromatic rings. The van der Waals surface area contributed by atoms with Gasteiger partial charge in [0.25, 0.3) is 0 Å². The van der Waals surface area contributed by atoms with Crippen LogP contribution in [0, 0.1) is 0 Å². The molecule has 0 radical (unpaired) electrons. The van der Waals surface area contributed by atoms with Crippen LogP contribution in [0.15, 0.2) is 12.7 Å². The number of aliphatic hydroxyl groups excluding tert-OH is 1. The predicted molar refractivity (Wildman–Crippen MR) is 163 cm³/mol. The van der Waals surface area contributed by atoms with Crippen molar-refractivity contribution >= 4 is 11.9 Å². The van der Waals surface area contributed by atoms with Gasteiger partial charge in [0, 0.05) is 19.4 Å². The van der Waals surface area contributed by atoms with Crippen molar-refractivity contribution in [1.29, 1.82) is 0 Å². The molecule has 0 saturated heterocycles. The maximum atomic E-state index is 12.1. The topological polar surface area (TPSA) is 76.1 Å². The molecule has 6 nitrogen and oxygen atoms in total. The van der Waals surface area contributed by atoms with Crippen molar-refractivity contribution in [1.82, 2.24) is 4.90 Å². The fourth-order valence-corrected chi connectivity index (χ4v) is 4.76.